The first-order valence-electron chi connectivity index (χ1n) is 5.07. The maximum Gasteiger partial charge on any atom is 0.287 e. The summed E-state index contributed by atoms with van der Waals surface area (Å²) in [6, 6.07) is 7.48. The van der Waals surface area contributed by atoms with Crippen molar-refractivity contribution in [1.82, 2.24) is 5.32 Å². The van der Waals surface area contributed by atoms with Crippen LogP contribution in [0.25, 0.3) is 11.0 Å². The lowest BCUT2D eigenvalue weighted by atomic mass is 10.2. The van der Waals surface area contributed by atoms with Crippen molar-refractivity contribution in [3.8, 4) is 0 Å². The van der Waals surface area contributed by atoms with Crippen LogP contribution >= 0.6 is 15.9 Å². The third kappa shape index (κ3) is 2.11. The number of amides is 1. The molecule has 2 rings (SSSR count). The Morgan fingerprint density at radius 1 is 1.44 bits per heavy atom. The van der Waals surface area contributed by atoms with E-state index < -0.39 is 0 Å². The quantitative estimate of drug-likeness (QED) is 0.918. The van der Waals surface area contributed by atoms with Crippen LogP contribution in [0.2, 0.25) is 0 Å². The fourth-order valence-corrected chi connectivity index (χ4v) is 1.93. The molecular formula is C12H12BrNO2. The molecule has 84 valence electrons. The SMILES string of the molecule is CC(C)NC(=O)c1cc2c(Br)cccc2o1. The zero-order chi connectivity index (χ0) is 11.7. The summed E-state index contributed by atoms with van der Waals surface area (Å²) in [5, 5.41) is 3.70. The van der Waals surface area contributed by atoms with E-state index in [2.05, 4.69) is 21.2 Å². The first kappa shape index (κ1) is 11.2. The largest absolute Gasteiger partial charge is 0.451 e. The molecule has 0 fully saturated rings. The minimum Gasteiger partial charge on any atom is -0.451 e. The van der Waals surface area contributed by atoms with Gasteiger partial charge in [-0.25, -0.2) is 0 Å². The number of benzene rings is 1. The summed E-state index contributed by atoms with van der Waals surface area (Å²) >= 11 is 3.42. The van der Waals surface area contributed by atoms with E-state index in [4.69, 9.17) is 4.42 Å². The summed E-state index contributed by atoms with van der Waals surface area (Å²) in [5.74, 6) is 0.161. The molecule has 0 saturated heterocycles. The second kappa shape index (κ2) is 4.29. The summed E-state index contributed by atoms with van der Waals surface area (Å²) < 4.78 is 6.40. The second-order valence-corrected chi connectivity index (χ2v) is 4.74. The Kier molecular flexibility index (Phi) is 3.01. The minimum atomic E-state index is -0.182. The van der Waals surface area contributed by atoms with E-state index in [9.17, 15) is 4.79 Å². The van der Waals surface area contributed by atoms with Gasteiger partial charge in [-0.1, -0.05) is 22.0 Å². The summed E-state index contributed by atoms with van der Waals surface area (Å²) in [4.78, 5) is 11.7. The van der Waals surface area contributed by atoms with Gasteiger partial charge in [0.1, 0.15) is 5.58 Å². The number of hydrogen-bond donors (Lipinski definition) is 1. The number of carbonyl (C=O) groups is 1. The van der Waals surface area contributed by atoms with Crippen molar-refractivity contribution in [3.63, 3.8) is 0 Å². The summed E-state index contributed by atoms with van der Waals surface area (Å²) in [5.41, 5.74) is 0.711. The number of furan rings is 1. The molecule has 0 bridgehead atoms. The molecule has 1 aromatic carbocycles. The molecule has 0 radical (unpaired) electrons. The van der Waals surface area contributed by atoms with E-state index in [1.165, 1.54) is 0 Å². The van der Waals surface area contributed by atoms with Crippen molar-refractivity contribution in [2.45, 2.75) is 19.9 Å². The average Bonchev–Trinajstić information content (AvgIpc) is 2.61. The van der Waals surface area contributed by atoms with Gasteiger partial charge in [0, 0.05) is 15.9 Å². The Morgan fingerprint density at radius 3 is 2.81 bits per heavy atom. The molecule has 0 unspecified atom stereocenters. The average molecular weight is 282 g/mol. The molecule has 1 aromatic heterocycles. The van der Waals surface area contributed by atoms with E-state index in [1.54, 1.807) is 6.07 Å². The molecule has 0 saturated carbocycles. The highest BCUT2D eigenvalue weighted by molar-refractivity contribution is 9.10. The van der Waals surface area contributed by atoms with Crippen molar-refractivity contribution < 1.29 is 9.21 Å². The Morgan fingerprint density at radius 2 is 2.19 bits per heavy atom. The van der Waals surface area contributed by atoms with E-state index in [0.717, 1.165) is 9.86 Å². The number of carbonyl (C=O) groups excluding carboxylic acids is 1. The fourth-order valence-electron chi connectivity index (χ4n) is 1.47. The van der Waals surface area contributed by atoms with Gasteiger partial charge < -0.3 is 9.73 Å². The van der Waals surface area contributed by atoms with Crippen molar-refractivity contribution in [2.75, 3.05) is 0 Å². The predicted octanol–water partition coefficient (Wildman–Crippen LogP) is 3.33. The van der Waals surface area contributed by atoms with Crippen LogP contribution in [0.1, 0.15) is 24.4 Å². The highest BCUT2D eigenvalue weighted by Crippen LogP contribution is 2.26. The summed E-state index contributed by atoms with van der Waals surface area (Å²) in [6.45, 7) is 3.83. The molecule has 4 heteroatoms. The third-order valence-corrected chi connectivity index (χ3v) is 2.84. The summed E-state index contributed by atoms with van der Waals surface area (Å²) in [6.07, 6.45) is 0. The van der Waals surface area contributed by atoms with E-state index in [-0.39, 0.29) is 11.9 Å². The monoisotopic (exact) mass is 281 g/mol. The molecule has 1 N–H and O–H groups in total. The number of fused-ring (bicyclic) bond motifs is 1. The molecule has 2 aromatic rings. The maximum atomic E-state index is 11.7. The normalized spacial score (nSPS) is 11.0. The molecule has 1 heterocycles. The van der Waals surface area contributed by atoms with Crippen LogP contribution in [0.3, 0.4) is 0 Å². The molecule has 0 atom stereocenters. The summed E-state index contributed by atoms with van der Waals surface area (Å²) in [7, 11) is 0. The Balaban J connectivity index is 2.40. The highest BCUT2D eigenvalue weighted by Gasteiger charge is 2.13. The van der Waals surface area contributed by atoms with Crippen LogP contribution in [-0.4, -0.2) is 11.9 Å². The van der Waals surface area contributed by atoms with Gasteiger partial charge in [0.05, 0.1) is 0 Å². The number of hydrogen-bond acceptors (Lipinski definition) is 2. The first-order chi connectivity index (χ1) is 7.58. The maximum absolute atomic E-state index is 11.7. The van der Waals surface area contributed by atoms with Crippen LogP contribution in [0.5, 0.6) is 0 Å². The molecular weight excluding hydrogens is 270 g/mol. The van der Waals surface area contributed by atoms with Crippen molar-refractivity contribution in [1.29, 1.82) is 0 Å². The molecule has 0 aliphatic carbocycles. The van der Waals surface area contributed by atoms with Gasteiger partial charge in [0.25, 0.3) is 5.91 Å². The predicted molar refractivity (Wildman–Crippen MR) is 66.5 cm³/mol. The zero-order valence-electron chi connectivity index (χ0n) is 9.08. The van der Waals surface area contributed by atoms with Gasteiger partial charge in [-0.3, -0.25) is 4.79 Å². The van der Waals surface area contributed by atoms with Gasteiger partial charge in [-0.2, -0.15) is 0 Å². The Bertz CT molecular complexity index is 531. The topological polar surface area (TPSA) is 42.2 Å². The lowest BCUT2D eigenvalue weighted by Gasteiger charge is -2.04. The lowest BCUT2D eigenvalue weighted by Crippen LogP contribution is -2.29. The molecule has 16 heavy (non-hydrogen) atoms. The van der Waals surface area contributed by atoms with Gasteiger partial charge in [0.2, 0.25) is 0 Å². The van der Waals surface area contributed by atoms with Crippen LogP contribution in [0.4, 0.5) is 0 Å². The molecule has 0 spiro atoms. The van der Waals surface area contributed by atoms with Crippen LogP contribution in [0, 0.1) is 0 Å². The third-order valence-electron chi connectivity index (χ3n) is 2.15. The zero-order valence-corrected chi connectivity index (χ0v) is 10.7. The smallest absolute Gasteiger partial charge is 0.287 e. The Hall–Kier alpha value is -1.29. The van der Waals surface area contributed by atoms with E-state index in [1.807, 2.05) is 32.0 Å². The lowest BCUT2D eigenvalue weighted by molar-refractivity contribution is 0.0917. The molecule has 0 aliphatic rings. The van der Waals surface area contributed by atoms with Gasteiger partial charge in [-0.15, -0.1) is 0 Å². The number of halogens is 1. The van der Waals surface area contributed by atoms with E-state index >= 15 is 0 Å². The molecule has 1 amide bonds. The van der Waals surface area contributed by atoms with Crippen LogP contribution < -0.4 is 5.32 Å². The van der Waals surface area contributed by atoms with E-state index in [0.29, 0.717) is 11.3 Å². The van der Waals surface area contributed by atoms with Gasteiger partial charge in [0.15, 0.2) is 5.76 Å². The number of nitrogens with one attached hydrogen (secondary N) is 1. The minimum absolute atomic E-state index is 0.101. The first-order valence-corrected chi connectivity index (χ1v) is 5.86. The van der Waals surface area contributed by atoms with Crippen molar-refractivity contribution in [3.05, 3.63) is 34.5 Å². The number of rotatable bonds is 2. The standard InChI is InChI=1S/C12H12BrNO2/c1-7(2)14-12(15)11-6-8-9(13)4-3-5-10(8)16-11/h3-7H,1-2H3,(H,14,15). The fraction of sp³-hybridized carbons (Fsp3) is 0.250. The highest BCUT2D eigenvalue weighted by atomic mass is 79.9. The Labute approximate surface area is 102 Å². The van der Waals surface area contributed by atoms with Crippen molar-refractivity contribution in [2.24, 2.45) is 0 Å². The molecule has 3 nitrogen and oxygen atoms in total. The van der Waals surface area contributed by atoms with Crippen LogP contribution in [-0.2, 0) is 0 Å². The van der Waals surface area contributed by atoms with Crippen molar-refractivity contribution >= 4 is 32.8 Å². The second-order valence-electron chi connectivity index (χ2n) is 3.89. The van der Waals surface area contributed by atoms with Gasteiger partial charge in [-0.05, 0) is 32.0 Å². The van der Waals surface area contributed by atoms with Crippen LogP contribution in [0.15, 0.2) is 33.2 Å². The van der Waals surface area contributed by atoms with Gasteiger partial charge >= 0.3 is 0 Å². The molecule has 0 aliphatic heterocycles.